The molecule has 1 N–H and O–H groups in total. The molecule has 10 heteroatoms. The highest BCUT2D eigenvalue weighted by molar-refractivity contribution is 6.30. The molecule has 2 aliphatic rings. The van der Waals surface area contributed by atoms with E-state index in [4.69, 9.17) is 26.3 Å². The minimum absolute atomic E-state index is 0.248. The Morgan fingerprint density at radius 2 is 1.79 bits per heavy atom. The Balaban J connectivity index is 0.000000534. The molecule has 220 valence electrons. The van der Waals surface area contributed by atoms with Crippen molar-refractivity contribution < 1.29 is 19.0 Å². The topological polar surface area (TPSA) is 85.4 Å². The lowest BCUT2D eigenvalue weighted by atomic mass is 10.0. The molecule has 0 bridgehead atoms. The average molecular weight is 592 g/mol. The Bertz CT molecular complexity index is 1720. The van der Waals surface area contributed by atoms with Gasteiger partial charge in [0.25, 0.3) is 0 Å². The van der Waals surface area contributed by atoms with Crippen molar-refractivity contribution in [3.63, 3.8) is 0 Å². The first-order valence-electron chi connectivity index (χ1n) is 14.3. The number of nitrogens with zero attached hydrogens (tertiary/aromatic N) is 5. The van der Waals surface area contributed by atoms with E-state index in [-0.39, 0.29) is 11.4 Å². The zero-order chi connectivity index (χ0) is 29.8. The third-order valence-corrected chi connectivity index (χ3v) is 7.74. The van der Waals surface area contributed by atoms with E-state index in [1.54, 1.807) is 30.3 Å². The minimum Gasteiger partial charge on any atom is -0.478 e. The number of fused-ring (bicyclic) bond motifs is 4. The molecule has 0 radical (unpaired) electrons. The van der Waals surface area contributed by atoms with Crippen LogP contribution in [0.3, 0.4) is 0 Å². The third-order valence-electron chi connectivity index (χ3n) is 7.51. The number of carboxylic acid groups (broad SMARTS) is 1. The molecule has 42 heavy (non-hydrogen) atoms. The minimum atomic E-state index is -0.951. The van der Waals surface area contributed by atoms with Crippen molar-refractivity contribution in [1.29, 1.82) is 0 Å². The first kappa shape index (κ1) is 29.7. The Kier molecular flexibility index (Phi) is 9.21. The van der Waals surface area contributed by atoms with Crippen LogP contribution in [0.15, 0.2) is 54.6 Å². The number of aromatic nitrogens is 4. The van der Waals surface area contributed by atoms with E-state index in [1.807, 2.05) is 37.6 Å². The van der Waals surface area contributed by atoms with Gasteiger partial charge in [-0.1, -0.05) is 43.6 Å². The van der Waals surface area contributed by atoms with Gasteiger partial charge >= 0.3 is 5.97 Å². The van der Waals surface area contributed by atoms with Gasteiger partial charge in [-0.2, -0.15) is 0 Å². The molecule has 1 saturated heterocycles. The van der Waals surface area contributed by atoms with E-state index >= 15 is 0 Å². The molecule has 3 aromatic carbocycles. The molecule has 0 saturated carbocycles. The molecule has 5 aromatic rings. The number of carboxylic acids is 1. The second kappa shape index (κ2) is 13.0. The highest BCUT2D eigenvalue weighted by Crippen LogP contribution is 2.27. The first-order chi connectivity index (χ1) is 20.4. The van der Waals surface area contributed by atoms with E-state index < -0.39 is 5.97 Å². The molecule has 2 aromatic heterocycles. The Morgan fingerprint density at radius 1 is 1.02 bits per heavy atom. The van der Waals surface area contributed by atoms with Crippen LogP contribution in [0.1, 0.15) is 53.4 Å². The number of halogens is 2. The fraction of sp³-hybridized carbons (Fsp3) is 0.344. The van der Waals surface area contributed by atoms with Crippen LogP contribution in [0.4, 0.5) is 4.39 Å². The monoisotopic (exact) mass is 591 g/mol. The van der Waals surface area contributed by atoms with Crippen LogP contribution in [0, 0.1) is 5.82 Å². The zero-order valence-electron chi connectivity index (χ0n) is 24.1. The molecule has 8 nitrogen and oxygen atoms in total. The summed E-state index contributed by atoms with van der Waals surface area (Å²) in [7, 11) is 1.91. The maximum Gasteiger partial charge on any atom is 0.335 e. The van der Waals surface area contributed by atoms with Crippen molar-refractivity contribution in [3.8, 4) is 0 Å². The van der Waals surface area contributed by atoms with Gasteiger partial charge in [0, 0.05) is 44.8 Å². The summed E-state index contributed by atoms with van der Waals surface area (Å²) in [5.41, 5.74) is 5.35. The summed E-state index contributed by atoms with van der Waals surface area (Å²) in [6.45, 7) is 8.91. The number of para-hydroxylation sites is 1. The summed E-state index contributed by atoms with van der Waals surface area (Å²) in [4.78, 5) is 23.3. The number of imidazole rings is 2. The van der Waals surface area contributed by atoms with Gasteiger partial charge < -0.3 is 19.0 Å². The maximum atomic E-state index is 14.4. The van der Waals surface area contributed by atoms with Gasteiger partial charge in [-0.3, -0.25) is 4.90 Å². The summed E-state index contributed by atoms with van der Waals surface area (Å²) in [5, 5.41) is 9.70. The van der Waals surface area contributed by atoms with Crippen LogP contribution >= 0.6 is 11.6 Å². The number of carbonyl (C=O) groups is 1. The molecular weight excluding hydrogens is 557 g/mol. The predicted octanol–water partition coefficient (Wildman–Crippen LogP) is 6.45. The van der Waals surface area contributed by atoms with Gasteiger partial charge in [-0.15, -0.1) is 0 Å². The first-order valence-corrected chi connectivity index (χ1v) is 14.6. The van der Waals surface area contributed by atoms with Crippen LogP contribution in [-0.4, -0.2) is 54.8 Å². The number of aryl methyl sites for hydroxylation is 1. The van der Waals surface area contributed by atoms with E-state index in [0.29, 0.717) is 30.1 Å². The maximum absolute atomic E-state index is 14.4. The van der Waals surface area contributed by atoms with E-state index in [1.165, 1.54) is 12.5 Å². The molecule has 7 rings (SSSR count). The van der Waals surface area contributed by atoms with Crippen molar-refractivity contribution in [1.82, 2.24) is 24.0 Å². The molecule has 0 aliphatic carbocycles. The summed E-state index contributed by atoms with van der Waals surface area (Å²) >= 11 is 5.92. The molecular formula is C32H35ClFN5O3. The number of rotatable bonds is 5. The van der Waals surface area contributed by atoms with Gasteiger partial charge in [0.2, 0.25) is 0 Å². The van der Waals surface area contributed by atoms with Crippen molar-refractivity contribution in [3.05, 3.63) is 93.8 Å². The predicted molar refractivity (Wildman–Crippen MR) is 163 cm³/mol. The van der Waals surface area contributed by atoms with Crippen molar-refractivity contribution in [2.24, 2.45) is 7.05 Å². The lowest BCUT2D eigenvalue weighted by molar-refractivity contribution is 0.0367. The number of ether oxygens (including phenoxy) is 1. The van der Waals surface area contributed by atoms with Gasteiger partial charge in [0.15, 0.2) is 0 Å². The number of benzene rings is 3. The van der Waals surface area contributed by atoms with Gasteiger partial charge in [0.1, 0.15) is 17.5 Å². The lowest BCUT2D eigenvalue weighted by Gasteiger charge is -2.27. The molecule has 4 heterocycles. The van der Waals surface area contributed by atoms with E-state index in [2.05, 4.69) is 15.5 Å². The SMILES string of the molecule is C1COC1.CC.Cn1c(CN2CCn3c(nc4c(Cc5ccc(Cl)cc5F)cccc43)C2)nc2ccc(C(=O)O)cc21. The second-order valence-corrected chi connectivity index (χ2v) is 10.6. The van der Waals surface area contributed by atoms with Crippen LogP contribution in [-0.2, 0) is 37.8 Å². The summed E-state index contributed by atoms with van der Waals surface area (Å²) < 4.78 is 23.4. The molecule has 1 fully saturated rings. The normalized spacial score (nSPS) is 14.4. The van der Waals surface area contributed by atoms with Gasteiger partial charge in [-0.25, -0.2) is 19.2 Å². The van der Waals surface area contributed by atoms with Crippen LogP contribution < -0.4 is 0 Å². The van der Waals surface area contributed by atoms with Crippen LogP contribution in [0.25, 0.3) is 22.1 Å². The van der Waals surface area contributed by atoms with E-state index in [9.17, 15) is 14.3 Å². The Labute approximate surface area is 249 Å². The summed E-state index contributed by atoms with van der Waals surface area (Å²) in [6, 6.07) is 15.8. The Morgan fingerprint density at radius 3 is 2.48 bits per heavy atom. The average Bonchev–Trinajstić information content (AvgIpc) is 3.47. The van der Waals surface area contributed by atoms with Crippen molar-refractivity contribution in [2.45, 2.75) is 46.3 Å². The molecule has 0 unspecified atom stereocenters. The highest BCUT2D eigenvalue weighted by Gasteiger charge is 2.23. The number of hydrogen-bond acceptors (Lipinski definition) is 5. The number of aromatic carboxylic acids is 1. The van der Waals surface area contributed by atoms with Gasteiger partial charge in [0.05, 0.1) is 40.7 Å². The van der Waals surface area contributed by atoms with Crippen molar-refractivity contribution >= 4 is 39.6 Å². The highest BCUT2D eigenvalue weighted by atomic mass is 35.5. The smallest absolute Gasteiger partial charge is 0.335 e. The molecule has 2 aliphatic heterocycles. The quantitative estimate of drug-likeness (QED) is 0.253. The fourth-order valence-electron chi connectivity index (χ4n) is 5.15. The number of hydrogen-bond donors (Lipinski definition) is 1. The van der Waals surface area contributed by atoms with E-state index in [0.717, 1.165) is 65.6 Å². The van der Waals surface area contributed by atoms with Crippen LogP contribution in [0.5, 0.6) is 0 Å². The van der Waals surface area contributed by atoms with Gasteiger partial charge in [-0.05, 0) is 53.9 Å². The summed E-state index contributed by atoms with van der Waals surface area (Å²) in [5.74, 6) is 0.573. The molecule has 0 atom stereocenters. The summed E-state index contributed by atoms with van der Waals surface area (Å²) in [6.07, 6.45) is 1.72. The molecule has 0 amide bonds. The lowest BCUT2D eigenvalue weighted by Crippen LogP contribution is -2.34. The van der Waals surface area contributed by atoms with Crippen LogP contribution in [0.2, 0.25) is 5.02 Å². The Hall–Kier alpha value is -3.79. The standard InChI is InChI=1S/C27H23ClFN5O2.C3H6O.C2H6/c1-32-23-12-18(27(35)36)6-8-21(23)30-24(32)14-33-9-10-34-22-4-2-3-17(26(22)31-25(34)15-33)11-16-5-7-19(28)13-20(16)29;1-2-4-3-1;1-2/h2-8,12-13H,9-11,14-15H2,1H3,(H,35,36);1-3H2;1-2H3. The third kappa shape index (κ3) is 6.18. The fourth-order valence-corrected chi connectivity index (χ4v) is 5.31. The molecule has 0 spiro atoms. The zero-order valence-corrected chi connectivity index (χ0v) is 24.9. The largest absolute Gasteiger partial charge is 0.478 e. The second-order valence-electron chi connectivity index (χ2n) is 10.1. The van der Waals surface area contributed by atoms with Crippen molar-refractivity contribution in [2.75, 3.05) is 19.8 Å².